The van der Waals surface area contributed by atoms with Crippen LogP contribution in [-0.2, 0) is 31.6 Å². The van der Waals surface area contributed by atoms with Crippen molar-refractivity contribution in [2.45, 2.75) is 29.8 Å². The minimum Gasteiger partial charge on any atom is -0.383 e. The number of azide groups is 1. The topological polar surface area (TPSA) is 299 Å². The summed E-state index contributed by atoms with van der Waals surface area (Å²) in [6.07, 6.45) is -6.07. The van der Waals surface area contributed by atoms with Gasteiger partial charge in [-0.3, -0.25) is 9.09 Å². The molecule has 1 saturated carbocycles. The minimum absolute atomic E-state index is 0.237. The first-order valence-corrected chi connectivity index (χ1v) is 12.3. The number of rotatable bonds is 8. The number of phosphoric ester groups is 1. The molecule has 2 heterocycles. The number of halogens is 1. The third kappa shape index (κ3) is 4.25. The molecular formula is C9H12FN6O13P3. The van der Waals surface area contributed by atoms with Crippen LogP contribution in [0.4, 0.5) is 10.2 Å². The highest BCUT2D eigenvalue weighted by molar-refractivity contribution is 7.66. The first kappa shape index (κ1) is 24.9. The van der Waals surface area contributed by atoms with Gasteiger partial charge in [0.25, 0.3) is 0 Å². The van der Waals surface area contributed by atoms with Crippen LogP contribution in [0.3, 0.4) is 0 Å². The predicted molar refractivity (Wildman–Crippen MR) is 93.5 cm³/mol. The van der Waals surface area contributed by atoms with E-state index in [1.807, 2.05) is 0 Å². The van der Waals surface area contributed by atoms with E-state index >= 15 is 4.39 Å². The van der Waals surface area contributed by atoms with Crippen LogP contribution in [0.25, 0.3) is 10.4 Å². The van der Waals surface area contributed by atoms with E-state index in [1.165, 1.54) is 0 Å². The highest BCUT2D eigenvalue weighted by atomic mass is 31.3. The molecule has 2 aliphatic rings. The molecule has 1 aromatic rings. The molecule has 1 aliphatic heterocycles. The Morgan fingerprint density at radius 1 is 1.28 bits per heavy atom. The summed E-state index contributed by atoms with van der Waals surface area (Å²) in [5.74, 6) is -0.237. The molecular weight excluding hydrogens is 512 g/mol. The largest absolute Gasteiger partial charge is 0.490 e. The molecule has 1 aromatic heterocycles. The minimum atomic E-state index is -5.93. The van der Waals surface area contributed by atoms with Gasteiger partial charge >= 0.3 is 29.2 Å². The van der Waals surface area contributed by atoms with E-state index in [2.05, 4.69) is 28.2 Å². The maximum Gasteiger partial charge on any atom is 0.490 e. The van der Waals surface area contributed by atoms with Crippen molar-refractivity contribution in [2.75, 3.05) is 5.73 Å². The van der Waals surface area contributed by atoms with Crippen molar-refractivity contribution < 1.29 is 60.6 Å². The number of fused-ring (bicyclic) bond motifs is 1. The van der Waals surface area contributed by atoms with Gasteiger partial charge in [-0.25, -0.2) is 22.9 Å². The molecule has 4 unspecified atom stereocenters. The zero-order valence-electron chi connectivity index (χ0n) is 14.9. The van der Waals surface area contributed by atoms with Crippen molar-refractivity contribution in [2.24, 2.45) is 5.11 Å². The number of phosphoric acid groups is 3. The second kappa shape index (κ2) is 7.65. The van der Waals surface area contributed by atoms with Crippen molar-refractivity contribution in [3.63, 3.8) is 0 Å². The Balaban J connectivity index is 1.87. The summed E-state index contributed by atoms with van der Waals surface area (Å²) in [6.45, 7) is 0. The standard InChI is InChI=1S/C9H12FN6O13P3/c10-4-5(16-2-1-3(11)13-7(16)17)26-9(14-15-12)6(8(4,9)18)27-31(22,23)29-32(24,25)28-30(19,20)21/h1-2,4-6,18H,(H,22,23)(H,24,25)(H2,11,13,17)(H2,19,20,21)/t4-,5+,6?,8+,9?/m0/s1. The first-order valence-electron chi connectivity index (χ1n) is 7.75. The average molecular weight is 524 g/mol. The van der Waals surface area contributed by atoms with Crippen LogP contribution in [0.15, 0.2) is 22.2 Å². The molecule has 178 valence electrons. The fourth-order valence-corrected chi connectivity index (χ4v) is 6.22. The van der Waals surface area contributed by atoms with E-state index in [4.69, 9.17) is 30.7 Å². The summed E-state index contributed by atoms with van der Waals surface area (Å²) in [4.78, 5) is 53.3. The van der Waals surface area contributed by atoms with Gasteiger partial charge < -0.3 is 35.2 Å². The molecule has 2 fully saturated rings. The quantitative estimate of drug-likeness (QED) is 0.104. The number of anilines is 1. The lowest BCUT2D eigenvalue weighted by atomic mass is 10.2. The Morgan fingerprint density at radius 3 is 2.44 bits per heavy atom. The van der Waals surface area contributed by atoms with Gasteiger partial charge in [0.15, 0.2) is 18.0 Å². The molecule has 32 heavy (non-hydrogen) atoms. The SMILES string of the molecule is [N-]=[N+]=NC12O[C@@H](n3ccc(N)nc3=O)[C@H](F)[C@@]1(O)C2OP(=O)(O)OP(=O)(O)OP(=O)(O)O. The molecule has 0 bridgehead atoms. The van der Waals surface area contributed by atoms with Gasteiger partial charge in [0.05, 0.1) is 0 Å². The third-order valence-electron chi connectivity index (χ3n) is 4.19. The van der Waals surface area contributed by atoms with Crippen molar-refractivity contribution in [1.29, 1.82) is 0 Å². The van der Waals surface area contributed by atoms with Gasteiger partial charge in [-0.05, 0) is 11.6 Å². The van der Waals surface area contributed by atoms with E-state index in [0.717, 1.165) is 12.3 Å². The van der Waals surface area contributed by atoms with E-state index in [-0.39, 0.29) is 5.82 Å². The molecule has 19 nitrogen and oxygen atoms in total. The summed E-state index contributed by atoms with van der Waals surface area (Å²) >= 11 is 0. The average Bonchev–Trinajstić information content (AvgIpc) is 2.95. The van der Waals surface area contributed by atoms with Gasteiger partial charge in [0, 0.05) is 11.1 Å². The van der Waals surface area contributed by atoms with Crippen LogP contribution in [0.5, 0.6) is 0 Å². The van der Waals surface area contributed by atoms with Crippen LogP contribution in [-0.4, -0.2) is 57.8 Å². The number of aromatic nitrogens is 2. The second-order valence-corrected chi connectivity index (χ2v) is 10.6. The van der Waals surface area contributed by atoms with E-state index < -0.39 is 59.0 Å². The summed E-state index contributed by atoms with van der Waals surface area (Å²) in [5, 5.41) is 13.6. The lowest BCUT2D eigenvalue weighted by Gasteiger charge is -2.23. The fourth-order valence-electron chi connectivity index (χ4n) is 2.99. The summed E-state index contributed by atoms with van der Waals surface area (Å²) in [6, 6.07) is 1.06. The number of ether oxygens (including phenoxy) is 1. The number of aliphatic hydroxyl groups is 1. The third-order valence-corrected chi connectivity index (χ3v) is 7.99. The van der Waals surface area contributed by atoms with E-state index in [0.29, 0.717) is 4.57 Å². The highest BCUT2D eigenvalue weighted by Crippen LogP contribution is 2.72. The molecule has 0 aromatic carbocycles. The number of nitrogens with zero attached hydrogens (tertiary/aromatic N) is 5. The number of nitrogen functional groups attached to an aromatic ring is 1. The summed E-state index contributed by atoms with van der Waals surface area (Å²) in [5.41, 5.74) is 7.12. The van der Waals surface area contributed by atoms with Crippen molar-refractivity contribution in [1.82, 2.24) is 9.55 Å². The molecule has 0 radical (unpaired) electrons. The molecule has 0 spiro atoms. The molecule has 1 aliphatic carbocycles. The maximum atomic E-state index is 15.0. The maximum absolute atomic E-state index is 15.0. The Labute approximate surface area is 174 Å². The predicted octanol–water partition coefficient (Wildman–Crippen LogP) is -0.844. The number of alkyl halides is 1. The van der Waals surface area contributed by atoms with Gasteiger partial charge in [0.1, 0.15) is 11.9 Å². The van der Waals surface area contributed by atoms with Crippen LogP contribution >= 0.6 is 23.5 Å². The Bertz CT molecular complexity index is 1200. The lowest BCUT2D eigenvalue weighted by Crippen LogP contribution is -2.38. The molecule has 0 amide bonds. The second-order valence-electron chi connectivity index (χ2n) is 6.24. The summed E-state index contributed by atoms with van der Waals surface area (Å²) in [7, 11) is -17.5. The van der Waals surface area contributed by atoms with Crippen molar-refractivity contribution >= 4 is 29.3 Å². The van der Waals surface area contributed by atoms with Crippen molar-refractivity contribution in [3.8, 4) is 0 Å². The normalized spacial score (nSPS) is 35.2. The van der Waals surface area contributed by atoms with Gasteiger partial charge in [0.2, 0.25) is 5.72 Å². The zero-order valence-corrected chi connectivity index (χ0v) is 17.6. The van der Waals surface area contributed by atoms with Crippen LogP contribution in [0.1, 0.15) is 6.23 Å². The molecule has 7 N–H and O–H groups in total. The Kier molecular flexibility index (Phi) is 5.95. The fraction of sp³-hybridized carbons (Fsp3) is 0.556. The number of hydrogen-bond donors (Lipinski definition) is 6. The number of hydrogen-bond acceptors (Lipinski definition) is 12. The van der Waals surface area contributed by atoms with E-state index in [1.54, 1.807) is 0 Å². The number of nitrogens with two attached hydrogens (primary N) is 1. The monoisotopic (exact) mass is 524 g/mol. The molecule has 7 atom stereocenters. The zero-order chi connectivity index (χ0) is 24.3. The Morgan fingerprint density at radius 2 is 1.91 bits per heavy atom. The summed E-state index contributed by atoms with van der Waals surface area (Å²) < 4.78 is 66.0. The van der Waals surface area contributed by atoms with Gasteiger partial charge in [-0.2, -0.15) is 13.6 Å². The van der Waals surface area contributed by atoms with Crippen molar-refractivity contribution in [3.05, 3.63) is 33.2 Å². The smallest absolute Gasteiger partial charge is 0.383 e. The van der Waals surface area contributed by atoms with Gasteiger partial charge in [-0.1, -0.05) is 5.11 Å². The van der Waals surface area contributed by atoms with Crippen LogP contribution in [0, 0.1) is 0 Å². The van der Waals surface area contributed by atoms with Gasteiger partial charge in [-0.15, -0.1) is 0 Å². The Hall–Kier alpha value is -1.75. The highest BCUT2D eigenvalue weighted by Gasteiger charge is 2.91. The first-order chi connectivity index (χ1) is 14.5. The lowest BCUT2D eigenvalue weighted by molar-refractivity contribution is -0.0895. The van der Waals surface area contributed by atoms with Crippen LogP contribution in [0.2, 0.25) is 0 Å². The molecule has 3 rings (SSSR count). The molecule has 1 saturated heterocycles. The molecule has 23 heteroatoms. The van der Waals surface area contributed by atoms with Crippen LogP contribution < -0.4 is 11.4 Å². The van der Waals surface area contributed by atoms with E-state index in [9.17, 15) is 28.5 Å².